The van der Waals surface area contributed by atoms with Crippen LogP contribution in [0.5, 0.6) is 0 Å². The van der Waals surface area contributed by atoms with Gasteiger partial charge in [0.05, 0.1) is 28.7 Å². The molecule has 21 nitrogen and oxygen atoms in total. The molecule has 2 saturated heterocycles. The summed E-state index contributed by atoms with van der Waals surface area (Å²) in [4.78, 5) is 50.8. The van der Waals surface area contributed by atoms with E-state index in [0.29, 0.717) is 49.8 Å². The Labute approximate surface area is 519 Å². The molecule has 8 aromatic rings. The molecule has 2 fully saturated rings. The molecule has 92 heavy (non-hydrogen) atoms. The zero-order valence-electron chi connectivity index (χ0n) is 49.4. The minimum absolute atomic E-state index is 0.0402. The van der Waals surface area contributed by atoms with Gasteiger partial charge >= 0.3 is 36.6 Å². The number of nitrogens with zero attached hydrogens (tertiary/aromatic N) is 9. The van der Waals surface area contributed by atoms with Gasteiger partial charge in [-0.3, -0.25) is 15.6 Å². The van der Waals surface area contributed by atoms with E-state index in [9.17, 15) is 58.7 Å². The molecule has 0 radical (unpaired) electrons. The molecule has 0 unspecified atom stereocenters. The lowest BCUT2D eigenvalue weighted by atomic mass is 10.2. The molecule has 0 spiro atoms. The number of carboxylic acids is 2. The highest BCUT2D eigenvalue weighted by molar-refractivity contribution is 6.04. The summed E-state index contributed by atoms with van der Waals surface area (Å²) < 4.78 is 124. The fourth-order valence-corrected chi connectivity index (χ4v) is 8.99. The molecular weight excluding hydrogens is 1220 g/mol. The number of alkyl halides is 9. The number of benzene rings is 5. The fourth-order valence-electron chi connectivity index (χ4n) is 8.99. The van der Waals surface area contributed by atoms with E-state index >= 15 is 0 Å². The third-order valence-corrected chi connectivity index (χ3v) is 13.3. The molecule has 2 amide bonds. The number of carbonyl (C=O) groups excluding carboxylic acids is 2. The number of amidine groups is 2. The van der Waals surface area contributed by atoms with Crippen LogP contribution in [-0.4, -0.2) is 93.9 Å². The number of alkyl carbamates (subject to hydrolysis) is 1. The Bertz CT molecular complexity index is 4030. The highest BCUT2D eigenvalue weighted by Crippen LogP contribution is 2.33. The largest absolute Gasteiger partial charge is 0.477 e. The lowest BCUT2D eigenvalue weighted by molar-refractivity contribution is -0.142. The van der Waals surface area contributed by atoms with Crippen molar-refractivity contribution in [3.63, 3.8) is 0 Å². The lowest BCUT2D eigenvalue weighted by Gasteiger charge is -2.19. The lowest BCUT2D eigenvalue weighted by Crippen LogP contribution is -2.32. The van der Waals surface area contributed by atoms with Gasteiger partial charge in [0.2, 0.25) is 0 Å². The van der Waals surface area contributed by atoms with Crippen LogP contribution in [-0.2, 0) is 36.4 Å². The first-order valence-corrected chi connectivity index (χ1v) is 27.8. The molecule has 0 aliphatic carbocycles. The fraction of sp³-hybridized carbons (Fsp3) is 0.258. The minimum atomic E-state index is -4.77. The van der Waals surface area contributed by atoms with Gasteiger partial charge in [-0.25, -0.2) is 28.4 Å². The van der Waals surface area contributed by atoms with Crippen LogP contribution in [0, 0.1) is 29.1 Å². The van der Waals surface area contributed by atoms with E-state index in [1.165, 1.54) is 48.0 Å². The van der Waals surface area contributed by atoms with Crippen molar-refractivity contribution in [3.05, 3.63) is 196 Å². The molecule has 0 bridgehead atoms. The third-order valence-electron chi connectivity index (χ3n) is 13.3. The SMILES string of the molecule is CC(C)(C)OC(=O)NCc1cccc(-n2nc(C(F)(F)F)cc2C(=O)O)c1.Cc1ccc(N2CCCC2=N)cc1.N#Cc1cccc(-n2nc(C(F)(F)F)cc2C(=O)O)c1.N=C1CCCN1c1ccc(NC(=O)c2cc(C(F)(F)F)nn2-c2cccc(CN)c2)cc1. The van der Waals surface area contributed by atoms with Crippen LogP contribution in [0.1, 0.15) is 117 Å². The first-order chi connectivity index (χ1) is 43.2. The maximum Gasteiger partial charge on any atom is 0.435 e. The van der Waals surface area contributed by atoms with Crippen molar-refractivity contribution in [2.45, 2.75) is 90.6 Å². The molecule has 5 heterocycles. The van der Waals surface area contributed by atoms with Crippen LogP contribution >= 0.6 is 0 Å². The summed E-state index contributed by atoms with van der Waals surface area (Å²) in [6.07, 6.45) is -11.2. The van der Waals surface area contributed by atoms with Crippen molar-refractivity contribution in [2.75, 3.05) is 28.2 Å². The number of nitrogens with two attached hydrogens (primary N) is 1. The monoisotopic (exact) mass is 1280 g/mol. The molecule has 2 aliphatic rings. The van der Waals surface area contributed by atoms with Crippen LogP contribution in [0.2, 0.25) is 0 Å². The summed E-state index contributed by atoms with van der Waals surface area (Å²) >= 11 is 0. The van der Waals surface area contributed by atoms with Gasteiger partial charge in [0, 0.05) is 74.3 Å². The van der Waals surface area contributed by atoms with Crippen LogP contribution in [0.15, 0.2) is 140 Å². The number of hydrogen-bond donors (Lipinski definition) is 7. The van der Waals surface area contributed by atoms with Crippen molar-refractivity contribution in [1.82, 2.24) is 34.7 Å². The van der Waals surface area contributed by atoms with Gasteiger partial charge in [-0.05, 0) is 131 Å². The Morgan fingerprint density at radius 2 is 1.00 bits per heavy atom. The number of carbonyl (C=O) groups is 4. The van der Waals surface area contributed by atoms with Crippen molar-refractivity contribution in [2.24, 2.45) is 5.73 Å². The summed E-state index contributed by atoms with van der Waals surface area (Å²) in [6, 6.07) is 36.6. The van der Waals surface area contributed by atoms with Gasteiger partial charge in [-0.15, -0.1) is 0 Å². The van der Waals surface area contributed by atoms with Crippen molar-refractivity contribution < 1.29 is 73.6 Å². The summed E-state index contributed by atoms with van der Waals surface area (Å²) in [5.41, 5.74) is 5.24. The summed E-state index contributed by atoms with van der Waals surface area (Å²) in [5.74, 6) is -2.53. The van der Waals surface area contributed by atoms with E-state index in [0.717, 1.165) is 66.7 Å². The number of carboxylic acid groups (broad SMARTS) is 2. The smallest absolute Gasteiger partial charge is 0.435 e. The Morgan fingerprint density at radius 1 is 0.587 bits per heavy atom. The molecule has 3 aromatic heterocycles. The van der Waals surface area contributed by atoms with Gasteiger partial charge < -0.3 is 41.1 Å². The van der Waals surface area contributed by atoms with E-state index in [1.807, 2.05) is 11.0 Å². The van der Waals surface area contributed by atoms with Crippen LogP contribution in [0.3, 0.4) is 0 Å². The van der Waals surface area contributed by atoms with Crippen LogP contribution < -0.4 is 26.2 Å². The van der Waals surface area contributed by atoms with E-state index in [4.69, 9.17) is 36.8 Å². The number of halogens is 9. The minimum Gasteiger partial charge on any atom is -0.477 e. The van der Waals surface area contributed by atoms with Crippen LogP contribution in [0.25, 0.3) is 17.1 Å². The second kappa shape index (κ2) is 28.8. The molecule has 2 aliphatic heterocycles. The number of nitrogens with one attached hydrogen (secondary N) is 4. The van der Waals surface area contributed by atoms with Gasteiger partial charge in [-0.2, -0.15) is 60.1 Å². The van der Waals surface area contributed by atoms with Gasteiger partial charge in [-0.1, -0.05) is 48.0 Å². The quantitative estimate of drug-likeness (QED) is 0.0560. The Kier molecular flexibility index (Phi) is 21.5. The molecule has 8 N–H and O–H groups in total. The maximum atomic E-state index is 13.3. The zero-order valence-corrected chi connectivity index (χ0v) is 49.4. The van der Waals surface area contributed by atoms with Gasteiger partial charge in [0.25, 0.3) is 5.91 Å². The Balaban J connectivity index is 0.000000182. The predicted molar refractivity (Wildman–Crippen MR) is 319 cm³/mol. The molecule has 5 aromatic carbocycles. The Hall–Kier alpha value is -10.8. The number of ether oxygens (including phenoxy) is 1. The number of aryl methyl sites for hydroxylation is 1. The molecule has 10 rings (SSSR count). The molecule has 0 atom stereocenters. The van der Waals surface area contributed by atoms with Gasteiger partial charge in [0.15, 0.2) is 28.5 Å². The van der Waals surface area contributed by atoms with E-state index < -0.39 is 76.5 Å². The first-order valence-electron chi connectivity index (χ1n) is 27.8. The number of aromatic nitrogens is 6. The third kappa shape index (κ3) is 18.2. The number of amides is 2. The van der Waals surface area contributed by atoms with E-state index in [2.05, 4.69) is 62.0 Å². The average molecular weight is 1280 g/mol. The normalized spacial score (nSPS) is 13.2. The second-order valence-electron chi connectivity index (χ2n) is 21.4. The van der Waals surface area contributed by atoms with Crippen molar-refractivity contribution in [3.8, 4) is 23.1 Å². The average Bonchev–Trinajstić information content (AvgIpc) is 1.67. The topological polar surface area (TPSA) is 299 Å². The highest BCUT2D eigenvalue weighted by Gasteiger charge is 2.39. The Morgan fingerprint density at radius 3 is 1.41 bits per heavy atom. The van der Waals surface area contributed by atoms with Crippen molar-refractivity contribution >= 4 is 52.7 Å². The number of hydrogen-bond acceptors (Lipinski definition) is 12. The highest BCUT2D eigenvalue weighted by atomic mass is 19.4. The summed E-state index contributed by atoms with van der Waals surface area (Å²) in [6.45, 7) is 9.19. The first kappa shape index (κ1) is 68.7. The van der Waals surface area contributed by atoms with Gasteiger partial charge in [0.1, 0.15) is 23.0 Å². The van der Waals surface area contributed by atoms with Crippen molar-refractivity contribution in [1.29, 1.82) is 16.1 Å². The van der Waals surface area contributed by atoms with Crippen LogP contribution in [0.4, 0.5) is 61.4 Å². The number of rotatable bonds is 12. The van der Waals surface area contributed by atoms with E-state index in [-0.39, 0.29) is 35.7 Å². The van der Waals surface area contributed by atoms with E-state index in [1.54, 1.807) is 75.4 Å². The molecule has 0 saturated carbocycles. The summed E-state index contributed by atoms with van der Waals surface area (Å²) in [7, 11) is 0. The summed E-state index contributed by atoms with van der Waals surface area (Å²) in [5, 5.41) is 57.9. The zero-order chi connectivity index (χ0) is 67.5. The maximum absolute atomic E-state index is 13.3. The molecular formula is C62H59F9N14O7. The standard InChI is InChI=1S/C22H21F3N6O.C17H18F3N3O4.C12H6F3N3O2.C11H14N2/c23-22(24,25)19-12-18(31(29-19)17-4-1-3-14(11-17)13-26)21(32)28-15-6-8-16(9-7-15)30-10-2-5-20(30)27;1-16(2,3)27-15(26)21-9-10-5-4-6-11(7-10)23-12(14(24)25)8-13(22-23)17(18,19)20;13-12(14,15)10-5-9(11(19)20)18(17-10)8-3-1-2-7(4-8)6-16;1-9-4-6-10(7-5-9)13-8-2-3-11(13)12/h1,3-4,6-9,11-12,27H,2,5,10,13,26H2,(H,28,32);4-8H,9H2,1-3H3,(H,21,26)(H,24,25);1-5H,(H,19,20);4-7,12H,2-3,8H2,1H3. The number of nitriles is 1. The number of anilines is 3. The number of aromatic carboxylic acids is 2. The molecule has 30 heteroatoms. The predicted octanol–water partition coefficient (Wildman–Crippen LogP) is 12.8. The second-order valence-corrected chi connectivity index (χ2v) is 21.4. The molecule has 482 valence electrons.